The molecule has 0 aromatic heterocycles. The third kappa shape index (κ3) is 3.65. The lowest BCUT2D eigenvalue weighted by Crippen LogP contribution is -2.61. The predicted octanol–water partition coefficient (Wildman–Crippen LogP) is -1.37. The first-order chi connectivity index (χ1) is 8.93. The number of nitrogens with two attached hydrogens (primary N) is 1. The van der Waals surface area contributed by atoms with Gasteiger partial charge in [-0.05, 0) is 6.92 Å². The number of amides is 1. The third-order valence-electron chi connectivity index (χ3n) is 2.94. The Morgan fingerprint density at radius 2 is 2.00 bits per heavy atom. The zero-order valence-corrected chi connectivity index (χ0v) is 10.7. The Hall–Kier alpha value is -1.67. The van der Waals surface area contributed by atoms with Crippen molar-refractivity contribution in [1.82, 2.24) is 5.32 Å². The van der Waals surface area contributed by atoms with Crippen LogP contribution in [0.2, 0.25) is 0 Å². The van der Waals surface area contributed by atoms with E-state index >= 15 is 0 Å². The molecule has 0 radical (unpaired) electrons. The van der Waals surface area contributed by atoms with Gasteiger partial charge in [-0.25, -0.2) is 9.59 Å². The van der Waals surface area contributed by atoms with Crippen LogP contribution in [0.5, 0.6) is 0 Å². The van der Waals surface area contributed by atoms with Crippen molar-refractivity contribution in [2.45, 2.75) is 31.3 Å². The van der Waals surface area contributed by atoms with Crippen molar-refractivity contribution in [1.29, 1.82) is 0 Å². The molecule has 8 heteroatoms. The number of hydrogen-bond donors (Lipinski definition) is 3. The molecule has 1 aliphatic rings. The Morgan fingerprint density at radius 3 is 2.47 bits per heavy atom. The van der Waals surface area contributed by atoms with Crippen molar-refractivity contribution in [3.63, 3.8) is 0 Å². The standard InChI is InChI=1S/C11H18N2O6/c1-2-19-9(15)7(12)8(14)13-11(10(16)17)3-5-18-6-4-11/h7H,2-6,12H2,1H3,(H,13,14)(H,16,17). The molecule has 1 atom stereocenters. The number of esters is 1. The maximum Gasteiger partial charge on any atom is 0.332 e. The van der Waals surface area contributed by atoms with Crippen LogP contribution in [0.4, 0.5) is 0 Å². The lowest BCUT2D eigenvalue weighted by atomic mass is 9.89. The number of aliphatic carboxylic acids is 1. The lowest BCUT2D eigenvalue weighted by Gasteiger charge is -2.34. The van der Waals surface area contributed by atoms with Crippen molar-refractivity contribution >= 4 is 17.8 Å². The molecule has 0 spiro atoms. The van der Waals surface area contributed by atoms with Crippen LogP contribution in [0.15, 0.2) is 0 Å². The van der Waals surface area contributed by atoms with Crippen molar-refractivity contribution in [3.05, 3.63) is 0 Å². The summed E-state index contributed by atoms with van der Waals surface area (Å²) in [5.74, 6) is -2.91. The van der Waals surface area contributed by atoms with Crippen LogP contribution in [-0.2, 0) is 23.9 Å². The maximum absolute atomic E-state index is 11.8. The number of carboxylic acid groups (broad SMARTS) is 1. The topological polar surface area (TPSA) is 128 Å². The average molecular weight is 274 g/mol. The number of carbonyl (C=O) groups is 3. The van der Waals surface area contributed by atoms with Crippen molar-refractivity contribution in [3.8, 4) is 0 Å². The highest BCUT2D eigenvalue weighted by Crippen LogP contribution is 2.21. The molecule has 1 unspecified atom stereocenters. The van der Waals surface area contributed by atoms with E-state index in [1.165, 1.54) is 0 Å². The summed E-state index contributed by atoms with van der Waals surface area (Å²) in [6, 6.07) is -1.53. The molecule has 0 bridgehead atoms. The number of hydrogen-bond acceptors (Lipinski definition) is 6. The molecule has 108 valence electrons. The molecule has 0 saturated carbocycles. The molecule has 1 amide bonds. The fourth-order valence-electron chi connectivity index (χ4n) is 1.76. The maximum atomic E-state index is 11.8. The number of nitrogens with one attached hydrogen (secondary N) is 1. The van der Waals surface area contributed by atoms with Gasteiger partial charge in [0.2, 0.25) is 5.91 Å². The van der Waals surface area contributed by atoms with E-state index in [1.807, 2.05) is 0 Å². The summed E-state index contributed by atoms with van der Waals surface area (Å²) < 4.78 is 9.68. The Balaban J connectivity index is 2.71. The molecule has 1 saturated heterocycles. The second-order valence-electron chi connectivity index (χ2n) is 4.22. The van der Waals surface area contributed by atoms with Crippen molar-refractivity contribution < 1.29 is 29.0 Å². The van der Waals surface area contributed by atoms with Gasteiger partial charge in [0.1, 0.15) is 5.54 Å². The van der Waals surface area contributed by atoms with E-state index in [4.69, 9.17) is 10.5 Å². The van der Waals surface area contributed by atoms with Gasteiger partial charge in [-0.1, -0.05) is 0 Å². The van der Waals surface area contributed by atoms with Crippen LogP contribution in [-0.4, -0.2) is 54.4 Å². The van der Waals surface area contributed by atoms with E-state index in [2.05, 4.69) is 10.1 Å². The monoisotopic (exact) mass is 274 g/mol. The van der Waals surface area contributed by atoms with E-state index in [9.17, 15) is 19.5 Å². The minimum atomic E-state index is -1.53. The van der Waals surface area contributed by atoms with Crippen LogP contribution in [0.1, 0.15) is 19.8 Å². The zero-order chi connectivity index (χ0) is 14.5. The summed E-state index contributed by atoms with van der Waals surface area (Å²) in [5, 5.41) is 11.6. The highest BCUT2D eigenvalue weighted by atomic mass is 16.5. The predicted molar refractivity (Wildman–Crippen MR) is 63.2 cm³/mol. The number of rotatable bonds is 5. The molecule has 19 heavy (non-hydrogen) atoms. The molecule has 8 nitrogen and oxygen atoms in total. The molecule has 1 fully saturated rings. The molecule has 1 heterocycles. The first-order valence-corrected chi connectivity index (χ1v) is 5.98. The van der Waals surface area contributed by atoms with Gasteiger partial charge in [0, 0.05) is 26.1 Å². The Labute approximate surface area is 110 Å². The number of carbonyl (C=O) groups excluding carboxylic acids is 2. The molecule has 0 aromatic carbocycles. The Morgan fingerprint density at radius 1 is 1.42 bits per heavy atom. The van der Waals surface area contributed by atoms with Gasteiger partial charge >= 0.3 is 11.9 Å². The molecule has 0 aliphatic carbocycles. The first-order valence-electron chi connectivity index (χ1n) is 5.98. The van der Waals surface area contributed by atoms with Gasteiger partial charge in [0.05, 0.1) is 6.61 Å². The fraction of sp³-hybridized carbons (Fsp3) is 0.727. The lowest BCUT2D eigenvalue weighted by molar-refractivity contribution is -0.155. The second kappa shape index (κ2) is 6.48. The smallest absolute Gasteiger partial charge is 0.332 e. The van der Waals surface area contributed by atoms with Gasteiger partial charge in [0.25, 0.3) is 0 Å². The average Bonchev–Trinajstić information content (AvgIpc) is 2.39. The van der Waals surface area contributed by atoms with Crippen LogP contribution >= 0.6 is 0 Å². The first kappa shape index (κ1) is 15.4. The third-order valence-corrected chi connectivity index (χ3v) is 2.94. The Kier molecular flexibility index (Phi) is 5.25. The fourth-order valence-corrected chi connectivity index (χ4v) is 1.76. The van der Waals surface area contributed by atoms with Gasteiger partial charge in [0.15, 0.2) is 6.04 Å². The normalized spacial score (nSPS) is 19.3. The van der Waals surface area contributed by atoms with Crippen LogP contribution in [0.3, 0.4) is 0 Å². The molecule has 1 aliphatic heterocycles. The van der Waals surface area contributed by atoms with E-state index in [1.54, 1.807) is 6.92 Å². The van der Waals surface area contributed by atoms with Crippen LogP contribution < -0.4 is 11.1 Å². The molecule has 4 N–H and O–H groups in total. The molecular formula is C11H18N2O6. The summed E-state index contributed by atoms with van der Waals surface area (Å²) in [5.41, 5.74) is 3.98. The highest BCUT2D eigenvalue weighted by Gasteiger charge is 2.43. The van der Waals surface area contributed by atoms with E-state index in [0.29, 0.717) is 0 Å². The minimum absolute atomic E-state index is 0.0950. The highest BCUT2D eigenvalue weighted by molar-refractivity contribution is 6.03. The van der Waals surface area contributed by atoms with Crippen LogP contribution in [0, 0.1) is 0 Å². The van der Waals surface area contributed by atoms with Crippen molar-refractivity contribution in [2.75, 3.05) is 19.8 Å². The molecular weight excluding hydrogens is 256 g/mol. The second-order valence-corrected chi connectivity index (χ2v) is 4.22. The van der Waals surface area contributed by atoms with Crippen molar-refractivity contribution in [2.24, 2.45) is 5.73 Å². The Bertz CT molecular complexity index is 364. The van der Waals surface area contributed by atoms with Gasteiger partial charge in [-0.2, -0.15) is 0 Å². The zero-order valence-electron chi connectivity index (χ0n) is 10.7. The number of ether oxygens (including phenoxy) is 2. The van der Waals surface area contributed by atoms with E-state index in [0.717, 1.165) is 0 Å². The molecule has 1 rings (SSSR count). The van der Waals surface area contributed by atoms with E-state index in [-0.39, 0.29) is 32.7 Å². The summed E-state index contributed by atoms with van der Waals surface area (Å²) in [4.78, 5) is 34.4. The summed E-state index contributed by atoms with van der Waals surface area (Å²) in [6.45, 7) is 2.12. The number of carboxylic acids is 1. The quantitative estimate of drug-likeness (QED) is 0.416. The summed E-state index contributed by atoms with van der Waals surface area (Å²) in [7, 11) is 0. The largest absolute Gasteiger partial charge is 0.480 e. The molecule has 0 aromatic rings. The summed E-state index contributed by atoms with van der Waals surface area (Å²) in [6.07, 6.45) is 0.257. The summed E-state index contributed by atoms with van der Waals surface area (Å²) >= 11 is 0. The van der Waals surface area contributed by atoms with Crippen LogP contribution in [0.25, 0.3) is 0 Å². The SMILES string of the molecule is CCOC(=O)C(N)C(=O)NC1(C(=O)O)CCOCC1. The van der Waals surface area contributed by atoms with Gasteiger partial charge in [-0.15, -0.1) is 0 Å². The van der Waals surface area contributed by atoms with Gasteiger partial charge < -0.3 is 25.6 Å². The minimum Gasteiger partial charge on any atom is -0.480 e. The van der Waals surface area contributed by atoms with Gasteiger partial charge in [-0.3, -0.25) is 4.79 Å². The van der Waals surface area contributed by atoms with E-state index < -0.39 is 29.4 Å².